The molecule has 31 nitrogen and oxygen atoms in total. The maximum atomic E-state index is 14.7. The summed E-state index contributed by atoms with van der Waals surface area (Å²) < 4.78 is 10.9. The van der Waals surface area contributed by atoms with Crippen molar-refractivity contribution in [3.8, 4) is 28.6 Å². The second kappa shape index (κ2) is 52.3. The average Bonchev–Trinajstić information content (AvgIpc) is 1.31. The number of aliphatic hydroxyl groups excluding tert-OH is 3. The number of amides is 12. The predicted molar refractivity (Wildman–Crippen MR) is 577 cm³/mol. The van der Waals surface area contributed by atoms with Gasteiger partial charge in [0.15, 0.2) is 22.8 Å². The zero-order valence-corrected chi connectivity index (χ0v) is 87.0. The smallest absolute Gasteiger partial charge is 0.323 e. The molecule has 5 atom stereocenters. The lowest BCUT2D eigenvalue weighted by Gasteiger charge is -2.36. The van der Waals surface area contributed by atoms with Gasteiger partial charge in [0.05, 0.1) is 77.4 Å². The van der Waals surface area contributed by atoms with E-state index in [1.807, 2.05) is 177 Å². The van der Waals surface area contributed by atoms with Crippen LogP contribution in [0.1, 0.15) is 263 Å². The van der Waals surface area contributed by atoms with Crippen molar-refractivity contribution < 1.29 is 63.2 Å². The Kier molecular flexibility index (Phi) is 38.4. The molecule has 31 heteroatoms. The van der Waals surface area contributed by atoms with Crippen LogP contribution in [0.15, 0.2) is 231 Å². The summed E-state index contributed by atoms with van der Waals surface area (Å²) >= 11 is 0. The van der Waals surface area contributed by atoms with Gasteiger partial charge in [0.2, 0.25) is 0 Å². The number of rotatable bonds is 39. The molecule has 12 amide bonds. The number of fused-ring (bicyclic) bond motifs is 3. The van der Waals surface area contributed by atoms with Crippen LogP contribution in [0, 0.1) is 20.8 Å². The van der Waals surface area contributed by atoms with Gasteiger partial charge >= 0.3 is 18.1 Å². The number of aliphatic hydroxyl groups is 3. The van der Waals surface area contributed by atoms with E-state index >= 15 is 0 Å². The SMILES string of the molecule is CCCCN(CCCC)C(=O)c1cc(C)n(-c2ccc(NC(=O)NC(C)C)cc2C(=O)N2Cc3ccccc3C[C@H]2CO)n1.CCCCN(CCCC)C(=O)c1cc(C)n(-c2ccc(NC(=O)N[C@@H]3C[C@H]3c3ccccc3)cc2C(=O)N2Cc3ccccc3C[C@H]2CO)n1.CCCCN(CCCC)C(=O)c1cc(C)n(-c2ccc(NC(=O)Nc3ccccc3Oc3ccccc3)cc2C(=O)N2Cc3ccccc3C[C@H]2CO)n1. The lowest BCUT2D eigenvalue weighted by Crippen LogP contribution is -2.46. The van der Waals surface area contributed by atoms with Gasteiger partial charge in [-0.25, -0.2) is 28.4 Å². The molecule has 3 aliphatic heterocycles. The summed E-state index contributed by atoms with van der Waals surface area (Å²) in [5.41, 5.74) is 14.6. The fourth-order valence-electron chi connectivity index (χ4n) is 19.1. The van der Waals surface area contributed by atoms with Crippen LogP contribution in [0.25, 0.3) is 17.1 Å². The molecule has 0 radical (unpaired) electrons. The van der Waals surface area contributed by atoms with Gasteiger partial charge in [-0.2, -0.15) is 15.3 Å². The van der Waals surface area contributed by atoms with Crippen molar-refractivity contribution in [2.45, 2.75) is 235 Å². The molecule has 3 aromatic heterocycles. The third-order valence-corrected chi connectivity index (χ3v) is 27.4. The number of carbonyl (C=O) groups is 9. The first kappa shape index (κ1) is 109. The molecule has 778 valence electrons. The van der Waals surface area contributed by atoms with E-state index in [0.717, 1.165) is 117 Å². The Morgan fingerprint density at radius 3 is 1.03 bits per heavy atom. The maximum Gasteiger partial charge on any atom is 0.323 e. The number of hydrogen-bond donors (Lipinski definition) is 9. The molecule has 0 unspecified atom stereocenters. The maximum absolute atomic E-state index is 14.7. The van der Waals surface area contributed by atoms with Crippen LogP contribution < -0.4 is 36.6 Å². The number of nitrogens with one attached hydrogen (secondary N) is 6. The number of carbonyl (C=O) groups excluding carboxylic acids is 9. The largest absolute Gasteiger partial charge is 0.455 e. The molecule has 148 heavy (non-hydrogen) atoms. The van der Waals surface area contributed by atoms with Gasteiger partial charge in [-0.05, 0) is 235 Å². The fraction of sp³-hybridized carbons (Fsp3) is 0.385. The third kappa shape index (κ3) is 27.4. The molecule has 0 spiro atoms. The molecule has 1 fully saturated rings. The van der Waals surface area contributed by atoms with Crippen molar-refractivity contribution >= 4 is 76.3 Å². The number of unbranched alkanes of at least 4 members (excludes halogenated alkanes) is 6. The van der Waals surface area contributed by atoms with E-state index in [2.05, 4.69) is 85.6 Å². The lowest BCUT2D eigenvalue weighted by molar-refractivity contribution is 0.0539. The van der Waals surface area contributed by atoms with E-state index in [0.29, 0.717) is 175 Å². The van der Waals surface area contributed by atoms with Crippen LogP contribution in [0.2, 0.25) is 0 Å². The van der Waals surface area contributed by atoms with E-state index in [9.17, 15) is 58.5 Å². The van der Waals surface area contributed by atoms with Gasteiger partial charge in [0, 0.05) is 111 Å². The summed E-state index contributed by atoms with van der Waals surface area (Å²) in [7, 11) is 0. The van der Waals surface area contributed by atoms with Crippen molar-refractivity contribution in [2.75, 3.05) is 80.4 Å². The molecule has 16 rings (SSSR count). The summed E-state index contributed by atoms with van der Waals surface area (Å²) in [6, 6.07) is 68.4. The second-order valence-electron chi connectivity index (χ2n) is 38.9. The molecule has 1 aliphatic carbocycles. The fourth-order valence-corrected chi connectivity index (χ4v) is 19.1. The molecule has 9 aromatic carbocycles. The van der Waals surface area contributed by atoms with Gasteiger partial charge in [0.25, 0.3) is 35.4 Å². The van der Waals surface area contributed by atoms with Crippen molar-refractivity contribution in [3.63, 3.8) is 0 Å². The van der Waals surface area contributed by atoms with Crippen molar-refractivity contribution in [3.05, 3.63) is 320 Å². The normalized spacial score (nSPS) is 15.3. The van der Waals surface area contributed by atoms with Crippen molar-refractivity contribution in [1.82, 2.24) is 69.4 Å². The number of aryl methyl sites for hydroxylation is 3. The Morgan fingerprint density at radius 1 is 0.372 bits per heavy atom. The van der Waals surface area contributed by atoms with Gasteiger partial charge in [-0.1, -0.05) is 214 Å². The van der Waals surface area contributed by atoms with E-state index in [4.69, 9.17) is 20.0 Å². The van der Waals surface area contributed by atoms with E-state index in [1.54, 1.807) is 120 Å². The Labute approximate surface area is 867 Å². The Morgan fingerprint density at radius 2 is 0.689 bits per heavy atom. The minimum Gasteiger partial charge on any atom is -0.455 e. The topological polar surface area (TPSA) is 369 Å². The molecule has 1 saturated carbocycles. The highest BCUT2D eigenvalue weighted by Crippen LogP contribution is 2.42. The Bertz CT molecular complexity index is 6570. The minimum absolute atomic E-state index is 0.0356. The molecule has 9 N–H and O–H groups in total. The van der Waals surface area contributed by atoms with Crippen LogP contribution in [0.3, 0.4) is 0 Å². The van der Waals surface area contributed by atoms with Gasteiger partial charge < -0.3 is 81.4 Å². The standard InChI is InChI=1S/C43H48N6O5.C40H48N6O4.C34H46N6O4/c1-4-6-23-47(24-7-5-2)42(52)38-25-30(3)49(46-38)39-22-21-33(27-36(39)41(51)48-28-32-16-12-11-15-31(32)26-34(48)29-50)44-43(53)45-37-19-13-14-20-40(37)54-35-17-9-8-10-18-35;1-4-6-19-44(20-7-5-2)39(49)36-21-27(3)46(43-36)37-18-17-31(41-40(50)42-35-24-33(35)28-13-9-8-10-14-28)23-34(37)38(48)45-25-30-16-12-11-15-29(30)22-32(45)26-47;1-6-8-16-38(17-9-7-2)33(43)30-18-24(5)40(37-30)31-15-14-27(36-34(44)35-23(3)4)20-29(31)32(42)39-21-26-13-11-10-12-25(26)19-28(39)22-41/h8-22,25,27,34,50H,4-7,23-24,26,28-29H2,1-3H3,(H2,44,45,53);8-18,21,23,32-33,35,47H,4-7,19-20,22,24-26H2,1-3H3,(H2,41,42,50);10-15,18,20,23,28,41H,6-9,16-17,19,21-22H2,1-5H3,(H2,35,36,44)/t34-;32-,33-,35+;28-/m000/s1. The third-order valence-electron chi connectivity index (χ3n) is 27.4. The second-order valence-corrected chi connectivity index (χ2v) is 38.9. The molecular formula is C117H142N18O13. The highest BCUT2D eigenvalue weighted by atomic mass is 16.5. The van der Waals surface area contributed by atoms with Crippen LogP contribution in [0.5, 0.6) is 11.5 Å². The lowest BCUT2D eigenvalue weighted by atomic mass is 9.93. The molecule has 12 aromatic rings. The molecule has 0 saturated heterocycles. The molecule has 6 heterocycles. The van der Waals surface area contributed by atoms with Gasteiger partial charge in [0.1, 0.15) is 5.75 Å². The van der Waals surface area contributed by atoms with Gasteiger partial charge in [-0.15, -0.1) is 0 Å². The first-order valence-electron chi connectivity index (χ1n) is 52.3. The zero-order chi connectivity index (χ0) is 105. The van der Waals surface area contributed by atoms with Crippen molar-refractivity contribution in [2.24, 2.45) is 0 Å². The molecule has 4 aliphatic rings. The van der Waals surface area contributed by atoms with Gasteiger partial charge in [-0.3, -0.25) is 28.8 Å². The summed E-state index contributed by atoms with van der Waals surface area (Å²) in [4.78, 5) is 134. The van der Waals surface area contributed by atoms with Crippen LogP contribution >= 0.6 is 0 Å². The average molecular weight is 2010 g/mol. The number of benzene rings is 9. The number of para-hydroxylation sites is 3. The predicted octanol–water partition coefficient (Wildman–Crippen LogP) is 20.0. The summed E-state index contributed by atoms with van der Waals surface area (Å²) in [6.07, 6.45) is 13.8. The highest BCUT2D eigenvalue weighted by Gasteiger charge is 2.41. The van der Waals surface area contributed by atoms with Crippen LogP contribution in [0.4, 0.5) is 37.1 Å². The molecule has 0 bridgehead atoms. The highest BCUT2D eigenvalue weighted by molar-refractivity contribution is 6.05. The van der Waals surface area contributed by atoms with Crippen LogP contribution in [-0.2, 0) is 38.9 Å². The number of aromatic nitrogens is 6. The first-order chi connectivity index (χ1) is 71.7. The van der Waals surface area contributed by atoms with Crippen LogP contribution in [-0.4, -0.2) is 217 Å². The Hall–Kier alpha value is -15.1. The summed E-state index contributed by atoms with van der Waals surface area (Å²) in [5, 5.41) is 62.7. The van der Waals surface area contributed by atoms with E-state index in [-0.39, 0.29) is 90.9 Å². The Balaban J connectivity index is 0.000000176. The first-order valence-corrected chi connectivity index (χ1v) is 52.3. The molecular weight excluding hydrogens is 1870 g/mol. The quantitative estimate of drug-likeness (QED) is 0.0173. The number of urea groups is 3. The number of hydrogen-bond acceptors (Lipinski definition) is 16. The number of ether oxygens (including phenoxy) is 1. The summed E-state index contributed by atoms with van der Waals surface area (Å²) in [5.74, 6) is 0.0468. The minimum atomic E-state index is -0.534. The van der Waals surface area contributed by atoms with E-state index in [1.165, 1.54) is 5.56 Å². The van der Waals surface area contributed by atoms with E-state index < -0.39 is 24.2 Å². The number of nitrogens with zero attached hydrogens (tertiary/aromatic N) is 12. The number of anilines is 4. The van der Waals surface area contributed by atoms with Crippen molar-refractivity contribution in [1.29, 1.82) is 0 Å². The summed E-state index contributed by atoms with van der Waals surface area (Å²) in [6.45, 7) is 26.3. The zero-order valence-electron chi connectivity index (χ0n) is 87.0. The monoisotopic (exact) mass is 2010 g/mol.